The average molecular weight is 1450 g/mol. The van der Waals surface area contributed by atoms with Gasteiger partial charge in [-0.25, -0.2) is 28.8 Å². The van der Waals surface area contributed by atoms with Gasteiger partial charge in [-0.1, -0.05) is 170 Å². The van der Waals surface area contributed by atoms with Gasteiger partial charge in [0.25, 0.3) is 0 Å². The number of hydrogen-bond donors (Lipinski definition) is 0. The molecule has 16 nitrogen and oxygen atoms in total. The summed E-state index contributed by atoms with van der Waals surface area (Å²) in [6.07, 6.45) is 11.9. The van der Waals surface area contributed by atoms with Crippen molar-refractivity contribution in [2.45, 2.75) is 0 Å². The number of carbonyl (C=O) groups is 6. The van der Waals surface area contributed by atoms with E-state index in [1.165, 1.54) is 24.3 Å². The highest BCUT2D eigenvalue weighted by atomic mass is 16.6. The summed E-state index contributed by atoms with van der Waals surface area (Å²) >= 11 is 0. The van der Waals surface area contributed by atoms with E-state index in [0.717, 1.165) is 65.7 Å². The standard InChI is InChI=1S/C54H38O10.C40H30O6/c1-59-41-27-17-39(18-28-41)53(57)61-43-23-11-35(12-24-43)15-33-49(55)63-47-31-21-37-7-3-5-9-45(37)51(47)52-46-10-6-4-8-38(46)22-32-48(52)64-50(56)34-16-36-13-25-44(26-14-36)62-54(58)40-19-29-42(60-2)30-20-40;1-43-31-19-11-27(12-20-31)15-25-37(41)45-35-23-17-29-7-3-5-9-33(29)39(35)40-34-10-6-4-8-30(34)18-24-36(40)46-38(42)26-16-28-13-21-32(44-2)22-14-28/h3-34H,1-2H3;3-26H,1-2H3/b33-15-,34-16-;25-15-,26-16-. The van der Waals surface area contributed by atoms with Crippen LogP contribution in [0.5, 0.6) is 57.5 Å². The maximum absolute atomic E-state index is 13.5. The van der Waals surface area contributed by atoms with Crippen molar-refractivity contribution in [1.82, 2.24) is 0 Å². The van der Waals surface area contributed by atoms with Crippen LogP contribution in [0.25, 0.3) is 89.6 Å². The molecule has 0 radical (unpaired) electrons. The molecule has 0 aliphatic heterocycles. The molecule has 0 bridgehead atoms. The summed E-state index contributed by atoms with van der Waals surface area (Å²) in [5.41, 5.74) is 6.13. The number of carbonyl (C=O) groups excluding carboxylic acids is 6. The quantitative estimate of drug-likeness (QED) is 0.0353. The van der Waals surface area contributed by atoms with E-state index in [1.54, 1.807) is 174 Å². The van der Waals surface area contributed by atoms with Crippen LogP contribution in [0.15, 0.2) is 315 Å². The van der Waals surface area contributed by atoms with Crippen molar-refractivity contribution in [3.63, 3.8) is 0 Å². The maximum atomic E-state index is 13.5. The monoisotopic (exact) mass is 1450 g/mol. The molecule has 0 aliphatic carbocycles. The Hall–Kier alpha value is -14.9. The summed E-state index contributed by atoms with van der Waals surface area (Å²) < 4.78 is 55.8. The third-order valence-electron chi connectivity index (χ3n) is 17.6. The largest absolute Gasteiger partial charge is 0.497 e. The van der Waals surface area contributed by atoms with Gasteiger partial charge in [-0.15, -0.1) is 0 Å². The molecule has 540 valence electrons. The molecule has 16 heteroatoms. The lowest BCUT2D eigenvalue weighted by Gasteiger charge is -2.18. The molecule has 0 heterocycles. The molecule has 0 N–H and O–H groups in total. The van der Waals surface area contributed by atoms with E-state index in [0.29, 0.717) is 79.0 Å². The Bertz CT molecular complexity index is 5500. The van der Waals surface area contributed by atoms with Crippen molar-refractivity contribution in [1.29, 1.82) is 0 Å². The van der Waals surface area contributed by atoms with Crippen LogP contribution >= 0.6 is 0 Å². The Morgan fingerprint density at radius 2 is 0.427 bits per heavy atom. The highest BCUT2D eigenvalue weighted by molar-refractivity contribution is 6.13. The lowest BCUT2D eigenvalue weighted by molar-refractivity contribution is -0.129. The molecule has 0 atom stereocenters. The Morgan fingerprint density at radius 1 is 0.218 bits per heavy atom. The molecule has 0 spiro atoms. The molecule has 0 aliphatic rings. The Labute approximate surface area is 633 Å². The first-order valence-electron chi connectivity index (χ1n) is 34.6. The SMILES string of the molecule is COc1ccc(/C=C\C(=O)Oc2ccc3ccccc3c2-c2c(OC(=O)/C=C\c3ccc(OC)cc3)ccc3ccccc23)cc1.COc1ccc(C(=O)Oc2ccc(/C=C\C(=O)Oc3ccc4ccccc4c3-c3c(OC(=O)/C=C\c4ccc(OC(=O)c5ccc(OC)cc5)cc4)ccc4ccccc34)cc2)cc1. The smallest absolute Gasteiger partial charge is 0.343 e. The molecule has 0 fully saturated rings. The van der Waals surface area contributed by atoms with Gasteiger partial charge < -0.3 is 47.4 Å². The van der Waals surface area contributed by atoms with Crippen molar-refractivity contribution in [2.24, 2.45) is 0 Å². The molecule has 14 aromatic carbocycles. The van der Waals surface area contributed by atoms with Gasteiger partial charge in [0.05, 0.1) is 39.6 Å². The minimum atomic E-state index is -0.644. The van der Waals surface area contributed by atoms with E-state index in [9.17, 15) is 28.8 Å². The molecule has 14 rings (SSSR count). The molecule has 0 aromatic heterocycles. The number of benzene rings is 14. The summed E-state index contributed by atoms with van der Waals surface area (Å²) in [4.78, 5) is 78.6. The van der Waals surface area contributed by atoms with E-state index < -0.39 is 35.8 Å². The van der Waals surface area contributed by atoms with Crippen molar-refractivity contribution >= 4 is 103 Å². The van der Waals surface area contributed by atoms with Crippen molar-refractivity contribution in [3.8, 4) is 79.7 Å². The number of methoxy groups -OCH3 is 4. The predicted octanol–water partition coefficient (Wildman–Crippen LogP) is 20.3. The van der Waals surface area contributed by atoms with E-state index in [-0.39, 0.29) is 11.5 Å². The zero-order valence-corrected chi connectivity index (χ0v) is 59.9. The second-order valence-electron chi connectivity index (χ2n) is 24.6. The van der Waals surface area contributed by atoms with Crippen LogP contribution in [0.2, 0.25) is 0 Å². The van der Waals surface area contributed by atoms with Crippen molar-refractivity contribution in [3.05, 3.63) is 349 Å². The third-order valence-corrected chi connectivity index (χ3v) is 17.6. The summed E-state index contributed by atoms with van der Waals surface area (Å²) in [5.74, 6) is 1.15. The van der Waals surface area contributed by atoms with Crippen LogP contribution in [0.1, 0.15) is 43.0 Å². The first-order valence-corrected chi connectivity index (χ1v) is 34.6. The molecular weight excluding hydrogens is 1390 g/mol. The highest BCUT2D eigenvalue weighted by Gasteiger charge is 2.24. The van der Waals surface area contributed by atoms with Gasteiger partial charge >= 0.3 is 35.8 Å². The molecule has 0 unspecified atom stereocenters. The van der Waals surface area contributed by atoms with Gasteiger partial charge in [0.2, 0.25) is 0 Å². The van der Waals surface area contributed by atoms with Crippen LogP contribution in [0, 0.1) is 0 Å². The predicted molar refractivity (Wildman–Crippen MR) is 427 cm³/mol. The second kappa shape index (κ2) is 34.8. The van der Waals surface area contributed by atoms with E-state index in [1.807, 2.05) is 170 Å². The van der Waals surface area contributed by atoms with Gasteiger partial charge in [-0.2, -0.15) is 0 Å². The Balaban J connectivity index is 0.000000204. The fourth-order valence-corrected chi connectivity index (χ4v) is 12.1. The maximum Gasteiger partial charge on any atom is 0.343 e. The number of hydrogen-bond acceptors (Lipinski definition) is 16. The Kier molecular flexibility index (Phi) is 23.2. The van der Waals surface area contributed by atoms with Crippen LogP contribution in [-0.4, -0.2) is 64.3 Å². The Morgan fingerprint density at radius 3 is 0.655 bits per heavy atom. The van der Waals surface area contributed by atoms with Crippen LogP contribution in [-0.2, 0) is 19.2 Å². The summed E-state index contributed by atoms with van der Waals surface area (Å²) in [7, 11) is 6.30. The average Bonchev–Trinajstić information content (AvgIpc) is 0.757. The molecule has 0 amide bonds. The fraction of sp³-hybridized carbons (Fsp3) is 0.0426. The van der Waals surface area contributed by atoms with Gasteiger partial charge in [0.1, 0.15) is 57.5 Å². The van der Waals surface area contributed by atoms with Crippen LogP contribution in [0.4, 0.5) is 0 Å². The zero-order valence-electron chi connectivity index (χ0n) is 59.9. The van der Waals surface area contributed by atoms with Crippen LogP contribution in [0.3, 0.4) is 0 Å². The number of ether oxygens (including phenoxy) is 10. The van der Waals surface area contributed by atoms with Crippen molar-refractivity contribution < 1.29 is 76.1 Å². The fourth-order valence-electron chi connectivity index (χ4n) is 12.1. The van der Waals surface area contributed by atoms with E-state index in [2.05, 4.69) is 0 Å². The molecular formula is C94H68O16. The number of esters is 6. The second-order valence-corrected chi connectivity index (χ2v) is 24.6. The number of rotatable bonds is 22. The van der Waals surface area contributed by atoms with Gasteiger partial charge in [0, 0.05) is 46.6 Å². The molecule has 14 aromatic rings. The summed E-state index contributed by atoms with van der Waals surface area (Å²) in [5, 5.41) is 6.87. The minimum absolute atomic E-state index is 0.256. The van der Waals surface area contributed by atoms with E-state index in [4.69, 9.17) is 47.4 Å². The molecule has 110 heavy (non-hydrogen) atoms. The minimum Gasteiger partial charge on any atom is -0.497 e. The van der Waals surface area contributed by atoms with Gasteiger partial charge in [-0.05, 0) is 211 Å². The lowest BCUT2D eigenvalue weighted by Crippen LogP contribution is -2.08. The highest BCUT2D eigenvalue weighted by Crippen LogP contribution is 2.48. The van der Waals surface area contributed by atoms with Gasteiger partial charge in [-0.3, -0.25) is 0 Å². The zero-order chi connectivity index (χ0) is 76.3. The van der Waals surface area contributed by atoms with Crippen molar-refractivity contribution in [2.75, 3.05) is 28.4 Å². The summed E-state index contributed by atoms with van der Waals surface area (Å²) in [6, 6.07) is 86.8. The first kappa shape index (κ1) is 73.4. The van der Waals surface area contributed by atoms with E-state index >= 15 is 0 Å². The number of fused-ring (bicyclic) bond motifs is 4. The lowest BCUT2D eigenvalue weighted by atomic mass is 9.92. The molecule has 0 saturated heterocycles. The first-order chi connectivity index (χ1) is 53.8. The van der Waals surface area contributed by atoms with Gasteiger partial charge in [0.15, 0.2) is 0 Å². The topological polar surface area (TPSA) is 195 Å². The third kappa shape index (κ3) is 18.1. The normalized spacial score (nSPS) is 11.2. The van der Waals surface area contributed by atoms with Crippen LogP contribution < -0.4 is 47.4 Å². The summed E-state index contributed by atoms with van der Waals surface area (Å²) in [6.45, 7) is 0. The molecule has 0 saturated carbocycles.